The quantitative estimate of drug-likeness (QED) is 0.282. The van der Waals surface area contributed by atoms with Crippen molar-refractivity contribution in [1.82, 2.24) is 5.32 Å². The van der Waals surface area contributed by atoms with Crippen molar-refractivity contribution in [1.29, 1.82) is 0 Å². The number of benzene rings is 1. The average molecular weight is 421 g/mol. The van der Waals surface area contributed by atoms with Crippen LogP contribution < -0.4 is 15.4 Å². The number of nitrogens with one attached hydrogen (secondary N) is 2. The molecule has 162 valence electrons. The minimum Gasteiger partial charge on any atom is -0.406 e. The van der Waals surface area contributed by atoms with E-state index in [-0.39, 0.29) is 5.75 Å². The van der Waals surface area contributed by atoms with E-state index in [9.17, 15) is 18.0 Å². The van der Waals surface area contributed by atoms with Crippen molar-refractivity contribution in [3.05, 3.63) is 71.7 Å². The Kier molecular flexibility index (Phi) is 10.2. The maximum Gasteiger partial charge on any atom is 0.573 e. The van der Waals surface area contributed by atoms with E-state index in [4.69, 9.17) is 0 Å². The predicted molar refractivity (Wildman–Crippen MR) is 114 cm³/mol. The third-order valence-electron chi connectivity index (χ3n) is 3.80. The van der Waals surface area contributed by atoms with E-state index in [0.717, 1.165) is 23.3 Å². The topological polar surface area (TPSA) is 62.7 Å². The van der Waals surface area contributed by atoms with E-state index in [0.29, 0.717) is 17.8 Å². The summed E-state index contributed by atoms with van der Waals surface area (Å²) in [5.74, 6) is -0.291. The average Bonchev–Trinajstić information content (AvgIpc) is 2.69. The van der Waals surface area contributed by atoms with E-state index in [1.165, 1.54) is 30.5 Å². The number of nitrogens with zero attached hydrogens (tertiary/aromatic N) is 1. The fourth-order valence-electron chi connectivity index (χ4n) is 2.18. The zero-order valence-corrected chi connectivity index (χ0v) is 17.4. The summed E-state index contributed by atoms with van der Waals surface area (Å²) in [6, 6.07) is 5.44. The van der Waals surface area contributed by atoms with Crippen LogP contribution in [0.4, 0.5) is 18.9 Å². The summed E-state index contributed by atoms with van der Waals surface area (Å²) in [5, 5.41) is 5.57. The molecule has 0 saturated heterocycles. The first-order valence-corrected chi connectivity index (χ1v) is 9.26. The van der Waals surface area contributed by atoms with Crippen molar-refractivity contribution >= 4 is 17.8 Å². The molecule has 1 aromatic carbocycles. The maximum atomic E-state index is 12.3. The molecular weight excluding hydrogens is 395 g/mol. The van der Waals surface area contributed by atoms with Crippen LogP contribution in [0, 0.1) is 0 Å². The second kappa shape index (κ2) is 12.3. The Bertz CT molecular complexity index is 849. The van der Waals surface area contributed by atoms with Crippen LogP contribution in [-0.2, 0) is 4.79 Å². The van der Waals surface area contributed by atoms with Gasteiger partial charge in [-0.05, 0) is 69.2 Å². The molecule has 0 aliphatic rings. The van der Waals surface area contributed by atoms with Crippen molar-refractivity contribution in [2.45, 2.75) is 40.5 Å². The molecule has 0 aromatic heterocycles. The second-order valence-corrected chi connectivity index (χ2v) is 6.23. The van der Waals surface area contributed by atoms with Crippen molar-refractivity contribution in [2.75, 3.05) is 5.32 Å². The van der Waals surface area contributed by atoms with Gasteiger partial charge in [0.05, 0.1) is 5.71 Å². The van der Waals surface area contributed by atoms with Crippen LogP contribution in [0.2, 0.25) is 0 Å². The molecule has 0 aliphatic heterocycles. The second-order valence-electron chi connectivity index (χ2n) is 6.23. The molecule has 0 spiro atoms. The number of hydrogen-bond acceptors (Lipinski definition) is 4. The lowest BCUT2D eigenvalue weighted by Gasteiger charge is -2.11. The van der Waals surface area contributed by atoms with E-state index in [2.05, 4.69) is 20.4 Å². The third kappa shape index (κ3) is 9.77. The van der Waals surface area contributed by atoms with Crippen LogP contribution in [0.1, 0.15) is 34.1 Å². The van der Waals surface area contributed by atoms with Crippen molar-refractivity contribution in [2.24, 2.45) is 4.99 Å². The van der Waals surface area contributed by atoms with Gasteiger partial charge in [0.1, 0.15) is 5.75 Å². The Labute approximate surface area is 174 Å². The molecule has 0 saturated carbocycles. The number of rotatable bonds is 10. The normalized spacial score (nSPS) is 14.1. The zero-order chi connectivity index (χ0) is 22.6. The molecule has 30 heavy (non-hydrogen) atoms. The van der Waals surface area contributed by atoms with Gasteiger partial charge in [0.15, 0.2) is 0 Å². The molecule has 0 radical (unpaired) electrons. The van der Waals surface area contributed by atoms with E-state index in [1.54, 1.807) is 18.4 Å². The van der Waals surface area contributed by atoms with Gasteiger partial charge in [0, 0.05) is 23.8 Å². The molecule has 2 N–H and O–H groups in total. The lowest BCUT2D eigenvalue weighted by molar-refractivity contribution is -0.274. The highest BCUT2D eigenvalue weighted by Crippen LogP contribution is 2.24. The fraction of sp³-hybridized carbons (Fsp3) is 0.273. The highest BCUT2D eigenvalue weighted by Gasteiger charge is 2.30. The van der Waals surface area contributed by atoms with Crippen molar-refractivity contribution in [3.63, 3.8) is 0 Å². The maximum absolute atomic E-state index is 12.3. The largest absolute Gasteiger partial charge is 0.573 e. The third-order valence-corrected chi connectivity index (χ3v) is 3.80. The Morgan fingerprint density at radius 3 is 2.40 bits per heavy atom. The zero-order valence-electron chi connectivity index (χ0n) is 17.4. The highest BCUT2D eigenvalue weighted by atomic mass is 19.4. The van der Waals surface area contributed by atoms with E-state index in [1.807, 2.05) is 33.8 Å². The van der Waals surface area contributed by atoms with Gasteiger partial charge in [0.25, 0.3) is 0 Å². The Balaban J connectivity index is 3.09. The first kappa shape index (κ1) is 24.7. The SMILES string of the molecule is C/C=C(\C=C/NC=O)C(/C=C(\C)Nc1ccc(OC(F)(F)F)cc1)=N/C=C(\C)CC. The summed E-state index contributed by atoms with van der Waals surface area (Å²) < 4.78 is 40.7. The Morgan fingerprint density at radius 1 is 1.20 bits per heavy atom. The molecule has 5 nitrogen and oxygen atoms in total. The number of carbonyl (C=O) groups excluding carboxylic acids is 1. The molecule has 0 unspecified atom stereocenters. The molecule has 0 aliphatic carbocycles. The summed E-state index contributed by atoms with van der Waals surface area (Å²) >= 11 is 0. The molecule has 0 atom stereocenters. The monoisotopic (exact) mass is 421 g/mol. The van der Waals surface area contributed by atoms with Gasteiger partial charge in [0.2, 0.25) is 6.41 Å². The van der Waals surface area contributed by atoms with Crippen LogP contribution in [0.3, 0.4) is 0 Å². The van der Waals surface area contributed by atoms with Crippen molar-refractivity contribution < 1.29 is 22.7 Å². The van der Waals surface area contributed by atoms with Crippen LogP contribution in [0.15, 0.2) is 76.7 Å². The number of hydrogen-bond donors (Lipinski definition) is 2. The van der Waals surface area contributed by atoms with E-state index < -0.39 is 6.36 Å². The van der Waals surface area contributed by atoms with Crippen LogP contribution in [-0.4, -0.2) is 18.5 Å². The van der Waals surface area contributed by atoms with Gasteiger partial charge in [-0.2, -0.15) is 0 Å². The van der Waals surface area contributed by atoms with Crippen LogP contribution >= 0.6 is 0 Å². The Hall–Kier alpha value is -3.29. The number of anilines is 1. The standard InChI is InChI=1S/C22H26F3N3O2/c1-5-16(3)14-27-21(18(6-2)11-12-26-15-29)13-17(4)28-19-7-9-20(10-8-19)30-22(23,24)25/h6-15,28H,5H2,1-4H3,(H,26,29)/b12-11-,16-14+,17-13+,18-6+,27-21+. The number of ether oxygens (including phenoxy) is 1. The molecule has 0 heterocycles. The van der Waals surface area contributed by atoms with E-state index >= 15 is 0 Å². The minimum absolute atomic E-state index is 0.291. The molecule has 1 aromatic rings. The summed E-state index contributed by atoms with van der Waals surface area (Å²) in [4.78, 5) is 15.0. The van der Waals surface area contributed by atoms with Gasteiger partial charge >= 0.3 is 6.36 Å². The number of amides is 1. The van der Waals surface area contributed by atoms with Crippen LogP contribution in [0.5, 0.6) is 5.75 Å². The summed E-state index contributed by atoms with van der Waals surface area (Å²) in [7, 11) is 0. The number of alkyl halides is 3. The molecule has 1 rings (SSSR count). The van der Waals surface area contributed by atoms with Gasteiger partial charge in [-0.3, -0.25) is 9.79 Å². The fourth-order valence-corrected chi connectivity index (χ4v) is 2.18. The molecule has 8 heteroatoms. The first-order valence-electron chi connectivity index (χ1n) is 9.26. The van der Waals surface area contributed by atoms with Gasteiger partial charge < -0.3 is 15.4 Å². The van der Waals surface area contributed by atoms with Crippen LogP contribution in [0.25, 0.3) is 0 Å². The highest BCUT2D eigenvalue weighted by molar-refractivity contribution is 6.11. The predicted octanol–water partition coefficient (Wildman–Crippen LogP) is 5.86. The summed E-state index contributed by atoms with van der Waals surface area (Å²) in [6.07, 6.45) is 5.35. The summed E-state index contributed by atoms with van der Waals surface area (Å²) in [5.41, 5.74) is 3.84. The van der Waals surface area contributed by atoms with Gasteiger partial charge in [-0.25, -0.2) is 0 Å². The molecular formula is C22H26F3N3O2. The molecule has 1 amide bonds. The number of carbonyl (C=O) groups is 1. The number of halogens is 3. The molecule has 0 fully saturated rings. The summed E-state index contributed by atoms with van der Waals surface area (Å²) in [6.45, 7) is 7.66. The lowest BCUT2D eigenvalue weighted by Crippen LogP contribution is -2.17. The number of aliphatic imine (C=N–C) groups is 1. The van der Waals surface area contributed by atoms with Gasteiger partial charge in [-0.15, -0.1) is 13.2 Å². The minimum atomic E-state index is -4.73. The smallest absolute Gasteiger partial charge is 0.406 e. The lowest BCUT2D eigenvalue weighted by atomic mass is 10.1. The Morgan fingerprint density at radius 2 is 1.87 bits per heavy atom. The first-order chi connectivity index (χ1) is 14.2. The van der Waals surface area contributed by atoms with Gasteiger partial charge in [-0.1, -0.05) is 18.6 Å². The molecule has 0 bridgehead atoms. The number of allylic oxidation sites excluding steroid dienone is 6. The van der Waals surface area contributed by atoms with Crippen molar-refractivity contribution in [3.8, 4) is 5.75 Å².